The second-order valence-electron chi connectivity index (χ2n) is 5.03. The molecule has 24 heavy (non-hydrogen) atoms. The van der Waals surface area contributed by atoms with E-state index in [1.807, 2.05) is 19.9 Å². The molecule has 0 radical (unpaired) electrons. The number of nitrogens with zero attached hydrogens (tertiary/aromatic N) is 1. The quantitative estimate of drug-likeness (QED) is 0.704. The number of hydrogen-bond acceptors (Lipinski definition) is 4. The summed E-state index contributed by atoms with van der Waals surface area (Å²) in [6.45, 7) is 4.46. The highest BCUT2D eigenvalue weighted by molar-refractivity contribution is 9.10. The lowest BCUT2D eigenvalue weighted by atomic mass is 9.99. The Morgan fingerprint density at radius 3 is 2.62 bits per heavy atom. The highest BCUT2D eigenvalue weighted by Gasteiger charge is 2.12. The van der Waals surface area contributed by atoms with Crippen molar-refractivity contribution >= 4 is 33.6 Å². The molecule has 132 valence electrons. The Kier molecular flexibility index (Phi) is 9.98. The minimum atomic E-state index is -0.284. The third kappa shape index (κ3) is 6.42. The number of carbonyl (C=O) groups is 1. The lowest BCUT2D eigenvalue weighted by molar-refractivity contribution is 0.112. The number of aryl methyl sites for hydroxylation is 2. The van der Waals surface area contributed by atoms with E-state index in [-0.39, 0.29) is 5.82 Å². The fourth-order valence-corrected chi connectivity index (χ4v) is 3.69. The van der Waals surface area contributed by atoms with Gasteiger partial charge in [0.05, 0.1) is 10.6 Å². The van der Waals surface area contributed by atoms with Crippen molar-refractivity contribution in [1.29, 1.82) is 0 Å². The Labute approximate surface area is 155 Å². The normalized spacial score (nSPS) is 12.2. The van der Waals surface area contributed by atoms with Gasteiger partial charge in [0.15, 0.2) is 6.29 Å². The van der Waals surface area contributed by atoms with Crippen molar-refractivity contribution < 1.29 is 9.18 Å². The van der Waals surface area contributed by atoms with E-state index >= 15 is 0 Å². The molecule has 2 aromatic heterocycles. The fraction of sp³-hybridized carbons (Fsp3) is 0.444. The minimum absolute atomic E-state index is 0.284. The van der Waals surface area contributed by atoms with Crippen LogP contribution in [0, 0.1) is 5.82 Å². The summed E-state index contributed by atoms with van der Waals surface area (Å²) in [4.78, 5) is 16.7. The molecular formula is C18H24BrFN2OS. The van der Waals surface area contributed by atoms with Crippen LogP contribution in [0.5, 0.6) is 0 Å². The van der Waals surface area contributed by atoms with Crippen molar-refractivity contribution in [2.45, 2.75) is 46.1 Å². The van der Waals surface area contributed by atoms with Crippen molar-refractivity contribution in [2.75, 3.05) is 7.05 Å². The zero-order valence-electron chi connectivity index (χ0n) is 14.4. The first-order valence-corrected chi connectivity index (χ1v) is 9.76. The monoisotopic (exact) mass is 414 g/mol. The first-order valence-electron chi connectivity index (χ1n) is 8.15. The molecule has 2 heterocycles. The number of aldehydes is 1. The number of rotatable bonds is 3. The van der Waals surface area contributed by atoms with Gasteiger partial charge in [-0.25, -0.2) is 4.39 Å². The van der Waals surface area contributed by atoms with Gasteiger partial charge < -0.3 is 5.32 Å². The highest BCUT2D eigenvalue weighted by atomic mass is 79.9. The van der Waals surface area contributed by atoms with E-state index in [0.29, 0.717) is 16.7 Å². The third-order valence-corrected chi connectivity index (χ3v) is 4.96. The van der Waals surface area contributed by atoms with Crippen LogP contribution in [-0.4, -0.2) is 18.3 Å². The number of carbonyl (C=O) groups excluding carboxylic acids is 1. The van der Waals surface area contributed by atoms with Gasteiger partial charge in [-0.3, -0.25) is 9.78 Å². The van der Waals surface area contributed by atoms with Gasteiger partial charge in [0.25, 0.3) is 0 Å². The van der Waals surface area contributed by atoms with Crippen LogP contribution in [0.3, 0.4) is 0 Å². The first-order chi connectivity index (χ1) is 11.6. The largest absolute Gasteiger partial charge is 0.314 e. The number of fused-ring (bicyclic) bond motifs is 1. The molecule has 0 amide bonds. The van der Waals surface area contributed by atoms with E-state index in [1.54, 1.807) is 24.6 Å². The molecule has 0 fully saturated rings. The van der Waals surface area contributed by atoms with Crippen LogP contribution < -0.4 is 5.32 Å². The predicted octanol–water partition coefficient (Wildman–Crippen LogP) is 5.17. The highest BCUT2D eigenvalue weighted by Crippen LogP contribution is 2.28. The Morgan fingerprint density at radius 1 is 1.33 bits per heavy atom. The van der Waals surface area contributed by atoms with Gasteiger partial charge in [0.1, 0.15) is 5.82 Å². The molecule has 3 rings (SSSR count). The number of pyridine rings is 1. The van der Waals surface area contributed by atoms with Gasteiger partial charge in [-0.15, -0.1) is 11.3 Å². The van der Waals surface area contributed by atoms with Crippen molar-refractivity contribution in [3.63, 3.8) is 0 Å². The van der Waals surface area contributed by atoms with E-state index < -0.39 is 0 Å². The molecule has 2 aromatic rings. The fourth-order valence-electron chi connectivity index (χ4n) is 2.31. The molecule has 0 saturated carbocycles. The number of thiophene rings is 1. The molecule has 6 heteroatoms. The smallest absolute Gasteiger partial charge is 0.160 e. The average molecular weight is 415 g/mol. The molecule has 1 aliphatic carbocycles. The average Bonchev–Trinajstić information content (AvgIpc) is 3.03. The molecule has 0 aromatic carbocycles. The van der Waals surface area contributed by atoms with Crippen LogP contribution in [-0.2, 0) is 19.4 Å². The Balaban J connectivity index is 0.000000218. The van der Waals surface area contributed by atoms with Crippen LogP contribution in [0.15, 0.2) is 22.8 Å². The van der Waals surface area contributed by atoms with Gasteiger partial charge in [0.2, 0.25) is 0 Å². The molecule has 0 atom stereocenters. The summed E-state index contributed by atoms with van der Waals surface area (Å²) in [6.07, 6.45) is 7.50. The second-order valence-corrected chi connectivity index (χ2v) is 7.12. The topological polar surface area (TPSA) is 42.0 Å². The van der Waals surface area contributed by atoms with E-state index in [2.05, 4.69) is 26.2 Å². The van der Waals surface area contributed by atoms with E-state index in [9.17, 15) is 9.18 Å². The maximum Gasteiger partial charge on any atom is 0.160 e. The van der Waals surface area contributed by atoms with Gasteiger partial charge in [-0.2, -0.15) is 0 Å². The van der Waals surface area contributed by atoms with Crippen molar-refractivity contribution in [2.24, 2.45) is 0 Å². The van der Waals surface area contributed by atoms with Crippen LogP contribution in [0.1, 0.15) is 52.5 Å². The minimum Gasteiger partial charge on any atom is -0.314 e. The molecule has 0 saturated heterocycles. The Bertz CT molecular complexity index is 622. The molecule has 1 aliphatic rings. The molecule has 0 unspecified atom stereocenters. The zero-order valence-corrected chi connectivity index (χ0v) is 16.8. The maximum atomic E-state index is 12.9. The van der Waals surface area contributed by atoms with E-state index in [4.69, 9.17) is 0 Å². The summed E-state index contributed by atoms with van der Waals surface area (Å²) >= 11 is 4.79. The predicted molar refractivity (Wildman–Crippen MR) is 102 cm³/mol. The third-order valence-electron chi connectivity index (χ3n) is 3.36. The van der Waals surface area contributed by atoms with Gasteiger partial charge in [-0.05, 0) is 66.4 Å². The zero-order chi connectivity index (χ0) is 17.9. The number of aromatic nitrogens is 1. The second kappa shape index (κ2) is 11.4. The molecule has 3 nitrogen and oxygen atoms in total. The van der Waals surface area contributed by atoms with E-state index in [0.717, 1.165) is 11.2 Å². The molecule has 0 spiro atoms. The van der Waals surface area contributed by atoms with Crippen LogP contribution in [0.25, 0.3) is 0 Å². The molecular weight excluding hydrogens is 391 g/mol. The van der Waals surface area contributed by atoms with Crippen molar-refractivity contribution in [1.82, 2.24) is 10.3 Å². The summed E-state index contributed by atoms with van der Waals surface area (Å²) in [6, 6.07) is 3.45. The van der Waals surface area contributed by atoms with Crippen molar-refractivity contribution in [3.8, 4) is 0 Å². The van der Waals surface area contributed by atoms with Gasteiger partial charge in [-0.1, -0.05) is 13.8 Å². The lowest BCUT2D eigenvalue weighted by Gasteiger charge is -2.08. The summed E-state index contributed by atoms with van der Waals surface area (Å²) in [7, 11) is 1.75. The SMILES string of the molecule is CC.CNCc1ncc(Br)cc1F.O=Cc1cc2c(s1)CCCC2. The summed E-state index contributed by atoms with van der Waals surface area (Å²) < 4.78 is 13.6. The number of nitrogens with one attached hydrogen (secondary N) is 1. The van der Waals surface area contributed by atoms with Crippen LogP contribution in [0.2, 0.25) is 0 Å². The first kappa shape index (κ1) is 20.9. The van der Waals surface area contributed by atoms with Crippen molar-refractivity contribution in [3.05, 3.63) is 49.6 Å². The Hall–Kier alpha value is -1.11. The Morgan fingerprint density at radius 2 is 2.04 bits per heavy atom. The molecule has 0 aliphatic heterocycles. The van der Waals surface area contributed by atoms with E-state index in [1.165, 1.54) is 42.2 Å². The summed E-state index contributed by atoms with van der Waals surface area (Å²) in [5, 5.41) is 2.83. The van der Waals surface area contributed by atoms with Gasteiger partial charge in [0, 0.05) is 22.1 Å². The molecule has 0 bridgehead atoms. The van der Waals surface area contributed by atoms with Gasteiger partial charge >= 0.3 is 0 Å². The standard InChI is InChI=1S/C9H10OS.C7H8BrFN2.C2H6/c10-6-8-5-7-3-1-2-4-9(7)11-8;1-10-4-7-6(9)2-5(8)3-11-7;1-2/h5-6H,1-4H2;2-3,10H,4H2,1H3;1-2H3. The van der Waals surface area contributed by atoms with Crippen LogP contribution in [0.4, 0.5) is 4.39 Å². The number of hydrogen-bond donors (Lipinski definition) is 1. The summed E-state index contributed by atoms with van der Waals surface area (Å²) in [5.74, 6) is -0.284. The molecule has 1 N–H and O–H groups in total. The summed E-state index contributed by atoms with van der Waals surface area (Å²) in [5.41, 5.74) is 1.86. The number of halogens is 2. The maximum absolute atomic E-state index is 12.9. The van der Waals surface area contributed by atoms with Crippen LogP contribution >= 0.6 is 27.3 Å². The lowest BCUT2D eigenvalue weighted by Crippen LogP contribution is -2.08.